The van der Waals surface area contributed by atoms with Gasteiger partial charge in [-0.25, -0.2) is 0 Å². The van der Waals surface area contributed by atoms with Gasteiger partial charge in [0, 0.05) is 29.6 Å². The molecule has 1 aromatic carbocycles. The topological polar surface area (TPSA) is 62.6 Å². The number of hydrogen-bond donors (Lipinski definition) is 1. The van der Waals surface area contributed by atoms with Gasteiger partial charge in [0.05, 0.1) is 6.26 Å². The van der Waals surface area contributed by atoms with E-state index in [-0.39, 0.29) is 40.3 Å². The predicted octanol–water partition coefficient (Wildman–Crippen LogP) is 3.93. The Morgan fingerprint density at radius 3 is 2.33 bits per heavy atom. The van der Waals surface area contributed by atoms with Crippen LogP contribution in [-0.4, -0.2) is 41.4 Å². The first-order valence-corrected chi connectivity index (χ1v) is 9.13. The number of alkyl halides is 3. The Morgan fingerprint density at radius 1 is 1.11 bits per heavy atom. The first-order chi connectivity index (χ1) is 12.8. The van der Waals surface area contributed by atoms with Crippen LogP contribution in [0.4, 0.5) is 13.2 Å². The van der Waals surface area contributed by atoms with Gasteiger partial charge < -0.3 is 14.6 Å². The number of furan rings is 1. The largest absolute Gasteiger partial charge is 0.459 e. The normalized spacial score (nSPS) is 15.6. The molecule has 2 heterocycles. The maximum absolute atomic E-state index is 12.3. The average molecular weight is 398 g/mol. The van der Waals surface area contributed by atoms with Gasteiger partial charge >= 0.3 is 5.51 Å². The second-order valence-corrected chi connectivity index (χ2v) is 7.23. The molecular weight excluding hydrogens is 381 g/mol. The Labute approximate surface area is 157 Å². The van der Waals surface area contributed by atoms with Crippen molar-refractivity contribution in [3.05, 3.63) is 54.0 Å². The average Bonchev–Trinajstić information content (AvgIpc) is 3.15. The summed E-state index contributed by atoms with van der Waals surface area (Å²) in [6.07, 6.45) is 2.64. The number of nitrogens with one attached hydrogen (secondary N) is 1. The standard InChI is InChI=1S/C18H17F3N2O3S/c19-18(20,21)27-14-5-3-12(4-6-14)16(24)22-13-7-9-23(10-8-13)17(25)15-2-1-11-26-15/h1-6,11,13H,7-10H2,(H,22,24). The highest BCUT2D eigenvalue weighted by atomic mass is 32.2. The minimum Gasteiger partial charge on any atom is -0.459 e. The van der Waals surface area contributed by atoms with Crippen LogP contribution in [0.3, 0.4) is 0 Å². The summed E-state index contributed by atoms with van der Waals surface area (Å²) in [5.74, 6) is -0.230. The van der Waals surface area contributed by atoms with Crippen molar-refractivity contribution >= 4 is 23.6 Å². The number of nitrogens with zero attached hydrogens (tertiary/aromatic N) is 1. The van der Waals surface area contributed by atoms with E-state index in [0.29, 0.717) is 31.5 Å². The van der Waals surface area contributed by atoms with E-state index in [2.05, 4.69) is 5.32 Å². The van der Waals surface area contributed by atoms with Gasteiger partial charge in [-0.2, -0.15) is 13.2 Å². The van der Waals surface area contributed by atoms with Gasteiger partial charge in [0.25, 0.3) is 11.8 Å². The zero-order valence-electron chi connectivity index (χ0n) is 14.2. The maximum Gasteiger partial charge on any atom is 0.446 e. The van der Waals surface area contributed by atoms with Crippen molar-refractivity contribution in [2.24, 2.45) is 0 Å². The Morgan fingerprint density at radius 2 is 1.78 bits per heavy atom. The van der Waals surface area contributed by atoms with Crippen molar-refractivity contribution in [2.75, 3.05) is 13.1 Å². The molecule has 1 N–H and O–H groups in total. The number of carbonyl (C=O) groups is 2. The number of piperidine rings is 1. The van der Waals surface area contributed by atoms with E-state index in [9.17, 15) is 22.8 Å². The van der Waals surface area contributed by atoms with Crippen LogP contribution in [0.5, 0.6) is 0 Å². The molecule has 0 aliphatic carbocycles. The lowest BCUT2D eigenvalue weighted by Crippen LogP contribution is -2.46. The molecule has 2 amide bonds. The highest BCUT2D eigenvalue weighted by Crippen LogP contribution is 2.36. The van der Waals surface area contributed by atoms with Crippen molar-refractivity contribution < 1.29 is 27.2 Å². The van der Waals surface area contributed by atoms with Crippen LogP contribution in [0.1, 0.15) is 33.8 Å². The molecule has 5 nitrogen and oxygen atoms in total. The number of hydrogen-bond acceptors (Lipinski definition) is 4. The zero-order valence-corrected chi connectivity index (χ0v) is 15.0. The molecule has 1 aromatic heterocycles. The molecule has 0 radical (unpaired) electrons. The van der Waals surface area contributed by atoms with Crippen LogP contribution >= 0.6 is 11.8 Å². The molecule has 2 aromatic rings. The summed E-state index contributed by atoms with van der Waals surface area (Å²) in [6.45, 7) is 0.983. The van der Waals surface area contributed by atoms with Gasteiger partial charge in [-0.05, 0) is 61.0 Å². The summed E-state index contributed by atoms with van der Waals surface area (Å²) in [7, 11) is 0. The van der Waals surface area contributed by atoms with E-state index in [4.69, 9.17) is 4.42 Å². The summed E-state index contributed by atoms with van der Waals surface area (Å²) in [4.78, 5) is 26.2. The molecule has 0 atom stereocenters. The number of carbonyl (C=O) groups excluding carboxylic acids is 2. The molecule has 144 valence electrons. The quantitative estimate of drug-likeness (QED) is 0.793. The van der Waals surface area contributed by atoms with E-state index >= 15 is 0 Å². The summed E-state index contributed by atoms with van der Waals surface area (Å²) in [5, 5.41) is 2.87. The van der Waals surface area contributed by atoms with E-state index in [0.717, 1.165) is 0 Å². The van der Waals surface area contributed by atoms with Crippen molar-refractivity contribution in [2.45, 2.75) is 29.3 Å². The molecule has 1 aliphatic rings. The molecule has 0 saturated carbocycles. The molecule has 0 bridgehead atoms. The Hall–Kier alpha value is -2.42. The molecule has 0 unspecified atom stereocenters. The molecule has 1 fully saturated rings. The molecule has 3 rings (SSSR count). The molecule has 1 aliphatic heterocycles. The lowest BCUT2D eigenvalue weighted by molar-refractivity contribution is -0.0328. The molecule has 9 heteroatoms. The third-order valence-electron chi connectivity index (χ3n) is 4.20. The van der Waals surface area contributed by atoms with Crippen LogP contribution in [0, 0.1) is 0 Å². The maximum atomic E-state index is 12.3. The summed E-state index contributed by atoms with van der Waals surface area (Å²) in [6, 6.07) is 8.46. The van der Waals surface area contributed by atoms with E-state index in [1.807, 2.05) is 0 Å². The van der Waals surface area contributed by atoms with E-state index in [1.165, 1.54) is 30.5 Å². The zero-order chi connectivity index (χ0) is 19.4. The second-order valence-electron chi connectivity index (χ2n) is 6.09. The summed E-state index contributed by atoms with van der Waals surface area (Å²) in [5.41, 5.74) is -4.05. The number of thioether (sulfide) groups is 1. The molecule has 1 saturated heterocycles. The fourth-order valence-corrected chi connectivity index (χ4v) is 3.40. The van der Waals surface area contributed by atoms with Gasteiger partial charge in [0.2, 0.25) is 0 Å². The van der Waals surface area contributed by atoms with Gasteiger partial charge in [-0.1, -0.05) is 0 Å². The molecule has 0 spiro atoms. The predicted molar refractivity (Wildman–Crippen MR) is 93.5 cm³/mol. The van der Waals surface area contributed by atoms with Crippen LogP contribution in [0.2, 0.25) is 0 Å². The number of rotatable bonds is 4. The first-order valence-electron chi connectivity index (χ1n) is 8.31. The Bertz CT molecular complexity index is 783. The number of halogens is 3. The van der Waals surface area contributed by atoms with Gasteiger partial charge in [-0.15, -0.1) is 0 Å². The Balaban J connectivity index is 1.50. The number of amides is 2. The van der Waals surface area contributed by atoms with Crippen molar-refractivity contribution in [1.29, 1.82) is 0 Å². The highest BCUT2D eigenvalue weighted by molar-refractivity contribution is 8.00. The lowest BCUT2D eigenvalue weighted by Gasteiger charge is -2.31. The minimum absolute atomic E-state index is 0.0313. The Kier molecular flexibility index (Phi) is 5.79. The summed E-state index contributed by atoms with van der Waals surface area (Å²) < 4.78 is 42.1. The fraction of sp³-hybridized carbons (Fsp3) is 0.333. The van der Waals surface area contributed by atoms with Crippen LogP contribution in [0.25, 0.3) is 0 Å². The van der Waals surface area contributed by atoms with Crippen LogP contribution in [0.15, 0.2) is 52.0 Å². The van der Waals surface area contributed by atoms with E-state index < -0.39 is 5.51 Å². The highest BCUT2D eigenvalue weighted by Gasteiger charge is 2.29. The van der Waals surface area contributed by atoms with Crippen LogP contribution in [-0.2, 0) is 0 Å². The van der Waals surface area contributed by atoms with Gasteiger partial charge in [0.15, 0.2) is 5.76 Å². The third-order valence-corrected chi connectivity index (χ3v) is 4.94. The smallest absolute Gasteiger partial charge is 0.446 e. The number of likely N-dealkylation sites (tertiary alicyclic amines) is 1. The minimum atomic E-state index is -4.36. The van der Waals surface area contributed by atoms with Crippen molar-refractivity contribution in [1.82, 2.24) is 10.2 Å². The lowest BCUT2D eigenvalue weighted by atomic mass is 10.0. The second kappa shape index (κ2) is 8.08. The van der Waals surface area contributed by atoms with Crippen molar-refractivity contribution in [3.8, 4) is 0 Å². The monoisotopic (exact) mass is 398 g/mol. The number of benzene rings is 1. The first kappa shape index (κ1) is 19.3. The van der Waals surface area contributed by atoms with Gasteiger partial charge in [-0.3, -0.25) is 9.59 Å². The van der Waals surface area contributed by atoms with Gasteiger partial charge in [0.1, 0.15) is 0 Å². The molecule has 27 heavy (non-hydrogen) atoms. The summed E-state index contributed by atoms with van der Waals surface area (Å²) >= 11 is -0.218. The van der Waals surface area contributed by atoms with Crippen molar-refractivity contribution in [3.63, 3.8) is 0 Å². The SMILES string of the molecule is O=C(NC1CCN(C(=O)c2ccco2)CC1)c1ccc(SC(F)(F)F)cc1. The molecular formula is C18H17F3N2O3S. The fourth-order valence-electron chi connectivity index (χ4n) is 2.86. The van der Waals surface area contributed by atoms with E-state index in [1.54, 1.807) is 17.0 Å². The van der Waals surface area contributed by atoms with Crippen LogP contribution < -0.4 is 5.32 Å². The third kappa shape index (κ3) is 5.29.